The van der Waals surface area contributed by atoms with Crippen LogP contribution < -0.4 is 10.6 Å². The predicted molar refractivity (Wildman–Crippen MR) is 92.8 cm³/mol. The monoisotopic (exact) mass is 323 g/mol. The summed E-state index contributed by atoms with van der Waals surface area (Å²) in [4.78, 5) is 4.80. The second-order valence-electron chi connectivity index (χ2n) is 5.60. The number of benzene rings is 1. The van der Waals surface area contributed by atoms with Crippen LogP contribution in [0.2, 0.25) is 5.02 Å². The molecule has 2 rings (SSSR count). The lowest BCUT2D eigenvalue weighted by Gasteiger charge is -2.37. The lowest BCUT2D eigenvalue weighted by molar-refractivity contribution is 0.0531. The van der Waals surface area contributed by atoms with Gasteiger partial charge in [-0.05, 0) is 38.3 Å². The molecule has 1 aromatic carbocycles. The standard InChI is InChI=1S/C17H26ClN3O/c1-3-19-16(20-4-2)21-13-17(9-11-22-12-10-17)14-7-5-6-8-15(14)18/h5-8H,3-4,9-13H2,1-2H3,(H2,19,20,21). The molecule has 0 amide bonds. The van der Waals surface area contributed by atoms with Gasteiger partial charge < -0.3 is 15.4 Å². The lowest BCUT2D eigenvalue weighted by Crippen LogP contribution is -2.41. The molecular formula is C17H26ClN3O. The summed E-state index contributed by atoms with van der Waals surface area (Å²) < 4.78 is 5.57. The van der Waals surface area contributed by atoms with Crippen molar-refractivity contribution in [3.05, 3.63) is 34.9 Å². The number of hydrogen-bond acceptors (Lipinski definition) is 2. The quantitative estimate of drug-likeness (QED) is 0.647. The minimum absolute atomic E-state index is 0.0350. The summed E-state index contributed by atoms with van der Waals surface area (Å²) >= 11 is 6.46. The van der Waals surface area contributed by atoms with E-state index < -0.39 is 0 Å². The highest BCUT2D eigenvalue weighted by molar-refractivity contribution is 6.31. The van der Waals surface area contributed by atoms with Crippen LogP contribution in [-0.2, 0) is 10.2 Å². The molecule has 0 aliphatic carbocycles. The van der Waals surface area contributed by atoms with Gasteiger partial charge >= 0.3 is 0 Å². The fourth-order valence-corrected chi connectivity index (χ4v) is 3.24. The first kappa shape index (κ1) is 17.1. The largest absolute Gasteiger partial charge is 0.381 e. The Morgan fingerprint density at radius 1 is 1.18 bits per heavy atom. The fraction of sp³-hybridized carbons (Fsp3) is 0.588. The van der Waals surface area contributed by atoms with Crippen LogP contribution in [0.5, 0.6) is 0 Å². The highest BCUT2D eigenvalue weighted by Gasteiger charge is 2.36. The van der Waals surface area contributed by atoms with Crippen LogP contribution in [0.1, 0.15) is 32.3 Å². The van der Waals surface area contributed by atoms with Gasteiger partial charge in [-0.25, -0.2) is 0 Å². The molecule has 1 aliphatic rings. The van der Waals surface area contributed by atoms with Crippen LogP contribution in [0.15, 0.2) is 29.3 Å². The molecule has 4 nitrogen and oxygen atoms in total. The number of rotatable bonds is 5. The Morgan fingerprint density at radius 3 is 2.41 bits per heavy atom. The zero-order chi connectivity index (χ0) is 15.8. The van der Waals surface area contributed by atoms with Gasteiger partial charge in [0.1, 0.15) is 0 Å². The van der Waals surface area contributed by atoms with E-state index in [9.17, 15) is 0 Å². The molecule has 22 heavy (non-hydrogen) atoms. The van der Waals surface area contributed by atoms with Crippen LogP contribution >= 0.6 is 11.6 Å². The highest BCUT2D eigenvalue weighted by atomic mass is 35.5. The van der Waals surface area contributed by atoms with Crippen molar-refractivity contribution in [3.63, 3.8) is 0 Å². The molecule has 2 N–H and O–H groups in total. The van der Waals surface area contributed by atoms with Crippen LogP contribution in [0.4, 0.5) is 0 Å². The average Bonchev–Trinajstić information content (AvgIpc) is 2.54. The molecule has 122 valence electrons. The molecule has 0 spiro atoms. The van der Waals surface area contributed by atoms with Crippen molar-refractivity contribution in [2.75, 3.05) is 32.8 Å². The van der Waals surface area contributed by atoms with E-state index in [1.807, 2.05) is 12.1 Å². The molecule has 1 aliphatic heterocycles. The number of aliphatic imine (C=N–C) groups is 1. The van der Waals surface area contributed by atoms with Crippen LogP contribution in [0.3, 0.4) is 0 Å². The van der Waals surface area contributed by atoms with Gasteiger partial charge in [0, 0.05) is 36.7 Å². The second-order valence-corrected chi connectivity index (χ2v) is 6.01. The van der Waals surface area contributed by atoms with Crippen LogP contribution in [0.25, 0.3) is 0 Å². The maximum absolute atomic E-state index is 6.46. The van der Waals surface area contributed by atoms with Crippen LogP contribution in [0, 0.1) is 0 Å². The average molecular weight is 324 g/mol. The molecule has 1 heterocycles. The molecule has 0 aromatic heterocycles. The maximum atomic E-state index is 6.46. The summed E-state index contributed by atoms with van der Waals surface area (Å²) in [6, 6.07) is 8.12. The summed E-state index contributed by atoms with van der Waals surface area (Å²) in [5, 5.41) is 7.39. The van der Waals surface area contributed by atoms with Crippen molar-refractivity contribution < 1.29 is 4.74 Å². The Hall–Kier alpha value is -1.26. The summed E-state index contributed by atoms with van der Waals surface area (Å²) in [5.74, 6) is 0.864. The Labute approximate surface area is 138 Å². The van der Waals surface area contributed by atoms with Gasteiger partial charge in [-0.15, -0.1) is 0 Å². The third kappa shape index (κ3) is 4.14. The zero-order valence-corrected chi connectivity index (χ0v) is 14.2. The van der Waals surface area contributed by atoms with E-state index >= 15 is 0 Å². The van der Waals surface area contributed by atoms with E-state index in [2.05, 4.69) is 36.6 Å². The Balaban J connectivity index is 2.26. The topological polar surface area (TPSA) is 45.7 Å². The van der Waals surface area contributed by atoms with E-state index in [0.717, 1.165) is 56.7 Å². The molecule has 0 radical (unpaired) electrons. The number of guanidine groups is 1. The summed E-state index contributed by atoms with van der Waals surface area (Å²) in [7, 11) is 0. The van der Waals surface area contributed by atoms with Crippen molar-refractivity contribution in [2.24, 2.45) is 4.99 Å². The molecule has 0 unspecified atom stereocenters. The van der Waals surface area contributed by atoms with Gasteiger partial charge in [0.05, 0.1) is 6.54 Å². The number of nitrogens with zero attached hydrogens (tertiary/aromatic N) is 1. The van der Waals surface area contributed by atoms with Gasteiger partial charge in [-0.2, -0.15) is 0 Å². The molecule has 0 saturated carbocycles. The van der Waals surface area contributed by atoms with E-state index in [0.29, 0.717) is 0 Å². The minimum atomic E-state index is -0.0350. The molecular weight excluding hydrogens is 298 g/mol. The molecule has 0 atom stereocenters. The van der Waals surface area contributed by atoms with E-state index in [1.165, 1.54) is 5.56 Å². The Bertz CT molecular complexity index is 490. The zero-order valence-electron chi connectivity index (χ0n) is 13.5. The van der Waals surface area contributed by atoms with Gasteiger partial charge in [-0.3, -0.25) is 4.99 Å². The molecule has 5 heteroatoms. The Morgan fingerprint density at radius 2 is 1.82 bits per heavy atom. The second kappa shape index (κ2) is 8.39. The van der Waals surface area contributed by atoms with Crippen molar-refractivity contribution >= 4 is 17.6 Å². The number of ether oxygens (including phenoxy) is 1. The van der Waals surface area contributed by atoms with Crippen LogP contribution in [-0.4, -0.2) is 38.8 Å². The normalized spacial score (nSPS) is 16.9. The molecule has 0 bridgehead atoms. The maximum Gasteiger partial charge on any atom is 0.191 e. The first-order valence-electron chi connectivity index (χ1n) is 8.07. The van der Waals surface area contributed by atoms with Crippen molar-refractivity contribution in [3.8, 4) is 0 Å². The first-order chi connectivity index (χ1) is 10.7. The SMILES string of the molecule is CCNC(=NCC1(c2ccccc2Cl)CCOCC1)NCC. The van der Waals surface area contributed by atoms with E-state index in [1.54, 1.807) is 0 Å². The summed E-state index contributed by atoms with van der Waals surface area (Å²) in [5.41, 5.74) is 1.16. The molecule has 1 fully saturated rings. The van der Waals surface area contributed by atoms with Gasteiger partial charge in [-0.1, -0.05) is 29.8 Å². The number of hydrogen-bond donors (Lipinski definition) is 2. The third-order valence-electron chi connectivity index (χ3n) is 4.12. The smallest absolute Gasteiger partial charge is 0.191 e. The molecule has 1 saturated heterocycles. The first-order valence-corrected chi connectivity index (χ1v) is 8.44. The van der Waals surface area contributed by atoms with Crippen molar-refractivity contribution in [2.45, 2.75) is 32.1 Å². The highest BCUT2D eigenvalue weighted by Crippen LogP contribution is 2.38. The van der Waals surface area contributed by atoms with Gasteiger partial charge in [0.15, 0.2) is 5.96 Å². The Kier molecular flexibility index (Phi) is 6.52. The summed E-state index contributed by atoms with van der Waals surface area (Å²) in [6.45, 7) is 8.10. The van der Waals surface area contributed by atoms with E-state index in [4.69, 9.17) is 21.3 Å². The van der Waals surface area contributed by atoms with Crippen molar-refractivity contribution in [1.82, 2.24) is 10.6 Å². The number of halogens is 1. The molecule has 1 aromatic rings. The third-order valence-corrected chi connectivity index (χ3v) is 4.45. The number of nitrogens with one attached hydrogen (secondary N) is 2. The fourth-order valence-electron chi connectivity index (χ4n) is 2.91. The van der Waals surface area contributed by atoms with E-state index in [-0.39, 0.29) is 5.41 Å². The van der Waals surface area contributed by atoms with Gasteiger partial charge in [0.2, 0.25) is 0 Å². The minimum Gasteiger partial charge on any atom is -0.381 e. The summed E-state index contributed by atoms with van der Waals surface area (Å²) in [6.07, 6.45) is 1.90. The van der Waals surface area contributed by atoms with Gasteiger partial charge in [0.25, 0.3) is 0 Å². The lowest BCUT2D eigenvalue weighted by atomic mass is 9.74. The predicted octanol–water partition coefficient (Wildman–Crippen LogP) is 2.96. The van der Waals surface area contributed by atoms with Crippen molar-refractivity contribution in [1.29, 1.82) is 0 Å².